The van der Waals surface area contributed by atoms with E-state index in [-0.39, 0.29) is 11.8 Å². The number of urea groups is 1. The van der Waals surface area contributed by atoms with E-state index in [1.807, 2.05) is 4.83 Å². The second kappa shape index (κ2) is 6.99. The Kier molecular flexibility index (Phi) is 5.94. The van der Waals surface area contributed by atoms with Gasteiger partial charge in [-0.25, -0.2) is 9.00 Å². The number of benzene rings is 1. The maximum Gasteiger partial charge on any atom is 0.420 e. The summed E-state index contributed by atoms with van der Waals surface area (Å²) in [5.74, 6) is 3.30. The van der Waals surface area contributed by atoms with Gasteiger partial charge in [-0.3, -0.25) is 5.43 Å². The van der Waals surface area contributed by atoms with Crippen LogP contribution in [0.2, 0.25) is 0 Å². The predicted molar refractivity (Wildman–Crippen MR) is 84.7 cm³/mol. The highest BCUT2D eigenvalue weighted by atomic mass is 32.2. The molecule has 0 saturated heterocycles. The topological polar surface area (TPSA) is 61.4 Å². The highest BCUT2D eigenvalue weighted by Crippen LogP contribution is 2.46. The first-order chi connectivity index (χ1) is 11.5. The summed E-state index contributed by atoms with van der Waals surface area (Å²) in [6.45, 7) is 1.57. The van der Waals surface area contributed by atoms with Crippen LogP contribution < -0.4 is 10.3 Å². The summed E-state index contributed by atoms with van der Waals surface area (Å²) in [6.07, 6.45) is -11.6. The highest BCUT2D eigenvalue weighted by molar-refractivity contribution is 7.98. The van der Waals surface area contributed by atoms with E-state index in [0.29, 0.717) is 7.05 Å². The van der Waals surface area contributed by atoms with Crippen molar-refractivity contribution in [3.63, 3.8) is 0 Å². The number of hydrogen-bond acceptors (Lipinski definition) is 2. The van der Waals surface area contributed by atoms with E-state index in [2.05, 4.69) is 5.87 Å². The number of nitrogens with one attached hydrogen (secondary N) is 2. The molecule has 0 saturated carbocycles. The third-order valence-electron chi connectivity index (χ3n) is 3.80. The number of halogens is 6. The standard InChI is InChI=1S/C14H17F6N3O2S/c1-9-5-7-10(8-6-9)26(4,25)22-21-11(24)23(3)12(2,13(15,16)17)14(18,19)20/h5-8H,4H2,1-3H3,(H,21,24)(H,22,25). The smallest absolute Gasteiger partial charge is 0.305 e. The van der Waals surface area contributed by atoms with Gasteiger partial charge in [-0.15, -0.1) is 0 Å². The van der Waals surface area contributed by atoms with Gasteiger partial charge < -0.3 is 4.90 Å². The molecular formula is C14H17F6N3O2S. The number of alkyl halides is 6. The molecule has 0 aliphatic heterocycles. The van der Waals surface area contributed by atoms with Crippen LogP contribution >= 0.6 is 0 Å². The minimum atomic E-state index is -5.79. The first-order valence-electron chi connectivity index (χ1n) is 6.92. The minimum Gasteiger partial charge on any atom is -0.305 e. The maximum absolute atomic E-state index is 13.0. The van der Waals surface area contributed by atoms with Gasteiger partial charge in [-0.2, -0.15) is 31.2 Å². The van der Waals surface area contributed by atoms with Gasteiger partial charge in [0.05, 0.1) is 9.71 Å². The fourth-order valence-corrected chi connectivity index (χ4v) is 2.72. The summed E-state index contributed by atoms with van der Waals surface area (Å²) >= 11 is 0. The van der Waals surface area contributed by atoms with E-state index >= 15 is 0 Å². The molecule has 1 rings (SSSR count). The lowest BCUT2D eigenvalue weighted by Gasteiger charge is -2.40. The largest absolute Gasteiger partial charge is 0.420 e. The lowest BCUT2D eigenvalue weighted by atomic mass is 9.99. The van der Waals surface area contributed by atoms with Crippen LogP contribution in [0.4, 0.5) is 31.1 Å². The molecule has 12 heteroatoms. The van der Waals surface area contributed by atoms with E-state index in [9.17, 15) is 35.3 Å². The van der Waals surface area contributed by atoms with Crippen molar-refractivity contribution in [1.82, 2.24) is 15.2 Å². The molecular weight excluding hydrogens is 388 g/mol. The third kappa shape index (κ3) is 4.23. The first kappa shape index (κ1) is 22.1. The van der Waals surface area contributed by atoms with E-state index in [1.54, 1.807) is 24.5 Å². The second-order valence-electron chi connectivity index (χ2n) is 5.65. The van der Waals surface area contributed by atoms with Gasteiger partial charge in [0, 0.05) is 11.9 Å². The number of amides is 2. The molecule has 2 amide bonds. The average molecular weight is 405 g/mol. The molecule has 1 unspecified atom stereocenters. The molecule has 0 aliphatic rings. The third-order valence-corrected chi connectivity index (χ3v) is 5.27. The molecule has 0 aromatic heterocycles. The molecule has 0 aliphatic carbocycles. The monoisotopic (exact) mass is 405 g/mol. The van der Waals surface area contributed by atoms with Gasteiger partial charge in [0.2, 0.25) is 5.54 Å². The molecule has 1 atom stereocenters. The molecule has 26 heavy (non-hydrogen) atoms. The Morgan fingerprint density at radius 2 is 1.50 bits per heavy atom. The number of hydrogen-bond donors (Lipinski definition) is 2. The van der Waals surface area contributed by atoms with Crippen molar-refractivity contribution in [2.75, 3.05) is 7.05 Å². The van der Waals surface area contributed by atoms with Crippen molar-refractivity contribution in [3.05, 3.63) is 29.8 Å². The van der Waals surface area contributed by atoms with Crippen molar-refractivity contribution in [1.29, 1.82) is 0 Å². The Morgan fingerprint density at radius 3 is 1.88 bits per heavy atom. The van der Waals surface area contributed by atoms with Crippen LogP contribution in [-0.2, 0) is 9.71 Å². The van der Waals surface area contributed by atoms with Crippen LogP contribution in [0, 0.1) is 6.92 Å². The van der Waals surface area contributed by atoms with Gasteiger partial charge in [0.15, 0.2) is 0 Å². The zero-order chi connectivity index (χ0) is 20.6. The summed E-state index contributed by atoms with van der Waals surface area (Å²) in [4.78, 5) is 13.2. The Balaban J connectivity index is 3.01. The molecule has 1 aromatic rings. The van der Waals surface area contributed by atoms with Crippen LogP contribution in [0.3, 0.4) is 0 Å². The van der Waals surface area contributed by atoms with Crippen LogP contribution in [0.5, 0.6) is 0 Å². The van der Waals surface area contributed by atoms with Gasteiger partial charge in [-0.1, -0.05) is 17.7 Å². The molecule has 2 N–H and O–H groups in total. The molecule has 5 nitrogen and oxygen atoms in total. The molecule has 0 radical (unpaired) electrons. The van der Waals surface area contributed by atoms with Crippen molar-refractivity contribution in [2.24, 2.45) is 0 Å². The quantitative estimate of drug-likeness (QED) is 0.460. The molecule has 0 fully saturated rings. The molecule has 0 bridgehead atoms. The summed E-state index contributed by atoms with van der Waals surface area (Å²) in [5, 5.41) is 0. The van der Waals surface area contributed by atoms with Crippen molar-refractivity contribution in [2.45, 2.75) is 36.6 Å². The Hall–Kier alpha value is -1.95. The maximum atomic E-state index is 13.0. The fourth-order valence-electron chi connectivity index (χ4n) is 1.77. The number of nitrogens with zero attached hydrogens (tertiary/aromatic N) is 1. The fraction of sp³-hybridized carbons (Fsp3) is 0.429. The van der Waals surface area contributed by atoms with Crippen molar-refractivity contribution >= 4 is 21.6 Å². The highest BCUT2D eigenvalue weighted by Gasteiger charge is 2.71. The zero-order valence-electron chi connectivity index (χ0n) is 14.0. The van der Waals surface area contributed by atoms with Gasteiger partial charge >= 0.3 is 18.4 Å². The van der Waals surface area contributed by atoms with Gasteiger partial charge in [0.25, 0.3) is 0 Å². The Bertz CT molecular complexity index is 742. The van der Waals surface area contributed by atoms with Crippen molar-refractivity contribution in [3.8, 4) is 0 Å². The summed E-state index contributed by atoms with van der Waals surface area (Å²) in [5.41, 5.74) is -2.04. The van der Waals surface area contributed by atoms with Crippen LogP contribution in [0.25, 0.3) is 0 Å². The van der Waals surface area contributed by atoms with E-state index in [4.69, 9.17) is 0 Å². The Labute approximate surface area is 146 Å². The Morgan fingerprint density at radius 1 is 1.08 bits per heavy atom. The minimum absolute atomic E-state index is 0.0976. The van der Waals surface area contributed by atoms with Crippen LogP contribution in [-0.4, -0.2) is 45.9 Å². The number of hydrazine groups is 1. The SMILES string of the molecule is C=S(=O)(NNC(=O)N(C)C(C)(C(F)(F)F)C(F)(F)F)c1ccc(C)cc1. The van der Waals surface area contributed by atoms with Crippen LogP contribution in [0.15, 0.2) is 29.2 Å². The number of carbonyl (C=O) groups is 1. The molecule has 0 heterocycles. The lowest BCUT2D eigenvalue weighted by molar-refractivity contribution is -0.323. The number of carbonyl (C=O) groups excluding carboxylic acids is 1. The lowest BCUT2D eigenvalue weighted by Crippen LogP contribution is -2.68. The molecule has 148 valence electrons. The normalized spacial score (nSPS) is 15.3. The molecule has 0 spiro atoms. The van der Waals surface area contributed by atoms with E-state index in [1.165, 1.54) is 12.1 Å². The van der Waals surface area contributed by atoms with Crippen LogP contribution in [0.1, 0.15) is 12.5 Å². The first-order valence-corrected chi connectivity index (χ1v) is 8.64. The summed E-state index contributed by atoms with van der Waals surface area (Å²) in [7, 11) is -3.07. The van der Waals surface area contributed by atoms with E-state index in [0.717, 1.165) is 5.56 Å². The summed E-state index contributed by atoms with van der Waals surface area (Å²) < 4.78 is 90.1. The van der Waals surface area contributed by atoms with Gasteiger partial charge in [0.1, 0.15) is 0 Å². The number of rotatable bonds is 4. The predicted octanol–water partition coefficient (Wildman–Crippen LogP) is 3.01. The van der Waals surface area contributed by atoms with E-state index < -0.39 is 38.5 Å². The zero-order valence-corrected chi connectivity index (χ0v) is 14.8. The van der Waals surface area contributed by atoms with Gasteiger partial charge in [-0.05, 0) is 31.9 Å². The van der Waals surface area contributed by atoms with Crippen molar-refractivity contribution < 1.29 is 35.3 Å². The summed E-state index contributed by atoms with van der Waals surface area (Å²) in [6, 6.07) is 4.14. The average Bonchev–Trinajstić information content (AvgIpc) is 2.49. The molecule has 1 aromatic carbocycles. The second-order valence-corrected chi connectivity index (χ2v) is 7.67. The number of aryl methyl sites for hydroxylation is 1.